The maximum atomic E-state index is 9.75. The highest BCUT2D eigenvalue weighted by Gasteiger charge is 2.21. The third kappa shape index (κ3) is 5.76. The van der Waals surface area contributed by atoms with E-state index in [0.29, 0.717) is 5.46 Å². The summed E-state index contributed by atoms with van der Waals surface area (Å²) in [5.74, 6) is 0. The maximum absolute atomic E-state index is 9.75. The molecule has 7 aromatic carbocycles. The summed E-state index contributed by atoms with van der Waals surface area (Å²) in [6.07, 6.45) is 1.75. The van der Waals surface area contributed by atoms with Crippen LogP contribution in [0.4, 0.5) is 17.1 Å². The molecule has 0 aromatic heterocycles. The van der Waals surface area contributed by atoms with E-state index in [4.69, 9.17) is 0 Å². The van der Waals surface area contributed by atoms with Crippen molar-refractivity contribution < 1.29 is 10.0 Å². The van der Waals surface area contributed by atoms with Crippen molar-refractivity contribution >= 4 is 72.7 Å². The first-order valence-corrected chi connectivity index (χ1v) is 14.7. The molecule has 0 saturated carbocycles. The van der Waals surface area contributed by atoms with Crippen LogP contribution in [0.15, 0.2) is 146 Å². The minimum atomic E-state index is -1.51. The lowest BCUT2D eigenvalue weighted by molar-refractivity contribution is 0.426. The maximum Gasteiger partial charge on any atom is 0.488 e. The molecule has 0 spiro atoms. The third-order valence-corrected chi connectivity index (χ3v) is 7.42. The van der Waals surface area contributed by atoms with Crippen molar-refractivity contribution in [2.75, 3.05) is 4.90 Å². The normalized spacial score (nSPS) is 10.5. The predicted octanol–water partition coefficient (Wildman–Crippen LogP) is 9.67. The smallest absolute Gasteiger partial charge is 0.423 e. The Morgan fingerprint density at radius 1 is 0.535 bits per heavy atom. The number of fused-ring (bicyclic) bond motifs is 6. The molecule has 0 amide bonds. The number of nitrogens with zero attached hydrogens (tertiary/aromatic N) is 1. The van der Waals surface area contributed by atoms with Crippen molar-refractivity contribution in [3.05, 3.63) is 146 Å². The quantitative estimate of drug-likeness (QED) is 0.128. The molecule has 0 radical (unpaired) electrons. The SMILES string of the molecule is C=CC.CC.OB(O)c1ccc(N(c2cc3ccccc3c3ccccc23)c2cc3ccccc3c3ccccc23)cc1. The summed E-state index contributed by atoms with van der Waals surface area (Å²) in [5, 5.41) is 28.9. The number of hydrogen-bond donors (Lipinski definition) is 2. The first kappa shape index (κ1) is 29.6. The molecule has 3 nitrogen and oxygen atoms in total. The van der Waals surface area contributed by atoms with E-state index < -0.39 is 7.12 Å². The van der Waals surface area contributed by atoms with Gasteiger partial charge in [0.25, 0.3) is 0 Å². The highest BCUT2D eigenvalue weighted by molar-refractivity contribution is 6.58. The van der Waals surface area contributed by atoms with E-state index in [1.165, 1.54) is 32.3 Å². The molecule has 0 bridgehead atoms. The van der Waals surface area contributed by atoms with Crippen molar-refractivity contribution in [2.45, 2.75) is 20.8 Å². The van der Waals surface area contributed by atoms with E-state index in [9.17, 15) is 10.0 Å². The van der Waals surface area contributed by atoms with Gasteiger partial charge in [-0.25, -0.2) is 0 Å². The molecule has 4 heteroatoms. The van der Waals surface area contributed by atoms with Gasteiger partial charge in [-0.2, -0.15) is 0 Å². The van der Waals surface area contributed by atoms with Crippen LogP contribution in [0.2, 0.25) is 0 Å². The predicted molar refractivity (Wildman–Crippen MR) is 188 cm³/mol. The van der Waals surface area contributed by atoms with Crippen molar-refractivity contribution in [2.24, 2.45) is 0 Å². The Bertz CT molecular complexity index is 1900. The Morgan fingerprint density at radius 3 is 1.28 bits per heavy atom. The van der Waals surface area contributed by atoms with Gasteiger partial charge in [0.05, 0.1) is 11.4 Å². The fraction of sp³-hybridized carbons (Fsp3) is 0.0769. The number of anilines is 3. The zero-order valence-corrected chi connectivity index (χ0v) is 24.9. The van der Waals surface area contributed by atoms with Gasteiger partial charge in [-0.3, -0.25) is 0 Å². The minimum Gasteiger partial charge on any atom is -0.423 e. The zero-order chi connectivity index (χ0) is 30.3. The molecule has 212 valence electrons. The van der Waals surface area contributed by atoms with Crippen LogP contribution in [0.5, 0.6) is 0 Å². The van der Waals surface area contributed by atoms with Crippen LogP contribution in [0.1, 0.15) is 20.8 Å². The fourth-order valence-electron chi connectivity index (χ4n) is 5.64. The van der Waals surface area contributed by atoms with E-state index in [2.05, 4.69) is 121 Å². The summed E-state index contributed by atoms with van der Waals surface area (Å²) < 4.78 is 0. The number of rotatable bonds is 4. The first-order chi connectivity index (χ1) is 21.1. The summed E-state index contributed by atoms with van der Waals surface area (Å²) in [6, 6.07) is 46.1. The number of allylic oxidation sites excluding steroid dienone is 1. The van der Waals surface area contributed by atoms with Crippen LogP contribution in [-0.4, -0.2) is 17.2 Å². The highest BCUT2D eigenvalue weighted by Crippen LogP contribution is 2.45. The summed E-state index contributed by atoms with van der Waals surface area (Å²) in [6.45, 7) is 9.25. The monoisotopic (exact) mass is 561 g/mol. The van der Waals surface area contributed by atoms with Gasteiger partial charge in [0.15, 0.2) is 0 Å². The van der Waals surface area contributed by atoms with Gasteiger partial charge in [-0.1, -0.05) is 129 Å². The summed E-state index contributed by atoms with van der Waals surface area (Å²) in [5.41, 5.74) is 3.53. The standard InChI is InChI=1S/C34H24BNO2.C3H6.C2H6/c37-35(38)25-17-19-26(20-18-25)36(33-21-23-9-1-3-11-27(23)29-13-5-7-15-31(29)33)34-22-24-10-2-4-12-28(24)30-14-6-8-16-32(30)34;1-3-2;1-2/h1-22,37-38H;3H,1H2,2H3;1-2H3. The van der Waals surface area contributed by atoms with Crippen molar-refractivity contribution in [3.63, 3.8) is 0 Å². The van der Waals surface area contributed by atoms with Crippen LogP contribution < -0.4 is 10.4 Å². The molecule has 0 unspecified atom stereocenters. The Morgan fingerprint density at radius 2 is 0.884 bits per heavy atom. The van der Waals surface area contributed by atoms with Crippen molar-refractivity contribution in [1.29, 1.82) is 0 Å². The molecule has 2 N–H and O–H groups in total. The van der Waals surface area contributed by atoms with E-state index in [1.807, 2.05) is 32.9 Å². The van der Waals surface area contributed by atoms with Gasteiger partial charge in [-0.05, 0) is 69.0 Å². The van der Waals surface area contributed by atoms with Crippen molar-refractivity contribution in [1.82, 2.24) is 0 Å². The van der Waals surface area contributed by atoms with E-state index in [0.717, 1.165) is 27.8 Å². The average molecular weight is 562 g/mol. The number of benzene rings is 7. The molecule has 7 aromatic rings. The molecular formula is C39H36BNO2. The lowest BCUT2D eigenvalue weighted by Crippen LogP contribution is -2.29. The third-order valence-electron chi connectivity index (χ3n) is 7.42. The number of hydrogen-bond acceptors (Lipinski definition) is 3. The molecule has 0 aliphatic heterocycles. The van der Waals surface area contributed by atoms with E-state index in [-0.39, 0.29) is 0 Å². The Labute approximate surface area is 254 Å². The molecule has 0 fully saturated rings. The van der Waals surface area contributed by atoms with Gasteiger partial charge in [-0.15, -0.1) is 6.58 Å². The average Bonchev–Trinajstić information content (AvgIpc) is 3.06. The largest absolute Gasteiger partial charge is 0.488 e. The second kappa shape index (κ2) is 13.4. The molecule has 0 aliphatic rings. The lowest BCUT2D eigenvalue weighted by Gasteiger charge is -2.29. The van der Waals surface area contributed by atoms with Crippen LogP contribution >= 0.6 is 0 Å². The summed E-state index contributed by atoms with van der Waals surface area (Å²) in [7, 11) is -1.51. The Balaban J connectivity index is 0.000000695. The molecule has 0 aliphatic carbocycles. The fourth-order valence-corrected chi connectivity index (χ4v) is 5.64. The van der Waals surface area contributed by atoms with Gasteiger partial charge in [0.2, 0.25) is 0 Å². The van der Waals surface area contributed by atoms with Crippen LogP contribution in [-0.2, 0) is 0 Å². The highest BCUT2D eigenvalue weighted by atomic mass is 16.4. The molecule has 0 saturated heterocycles. The van der Waals surface area contributed by atoms with Crippen molar-refractivity contribution in [3.8, 4) is 0 Å². The van der Waals surface area contributed by atoms with E-state index in [1.54, 1.807) is 18.2 Å². The second-order valence-electron chi connectivity index (χ2n) is 10.0. The van der Waals surface area contributed by atoms with Gasteiger partial charge < -0.3 is 14.9 Å². The first-order valence-electron chi connectivity index (χ1n) is 14.7. The van der Waals surface area contributed by atoms with Gasteiger partial charge >= 0.3 is 7.12 Å². The van der Waals surface area contributed by atoms with Crippen LogP contribution in [0, 0.1) is 0 Å². The zero-order valence-electron chi connectivity index (χ0n) is 24.9. The Kier molecular flexibility index (Phi) is 9.21. The summed E-state index contributed by atoms with van der Waals surface area (Å²) in [4.78, 5) is 2.30. The topological polar surface area (TPSA) is 43.7 Å². The minimum absolute atomic E-state index is 0.459. The van der Waals surface area contributed by atoms with Crippen LogP contribution in [0.25, 0.3) is 43.1 Å². The van der Waals surface area contributed by atoms with Crippen LogP contribution in [0.3, 0.4) is 0 Å². The Hall–Kier alpha value is -4.90. The molecule has 0 heterocycles. The molecule has 0 atom stereocenters. The van der Waals surface area contributed by atoms with Gasteiger partial charge in [0.1, 0.15) is 0 Å². The molecule has 43 heavy (non-hydrogen) atoms. The second-order valence-corrected chi connectivity index (χ2v) is 10.0. The van der Waals surface area contributed by atoms with Gasteiger partial charge in [0, 0.05) is 16.5 Å². The molecular weight excluding hydrogens is 525 g/mol. The lowest BCUT2D eigenvalue weighted by atomic mass is 9.80. The summed E-state index contributed by atoms with van der Waals surface area (Å²) >= 11 is 0. The van der Waals surface area contributed by atoms with E-state index >= 15 is 0 Å². The molecule has 7 rings (SSSR count).